The molecule has 1 atom stereocenters. The number of hydrogen-bond acceptors (Lipinski definition) is 2. The number of rotatable bonds is 2. The number of hydrazone groups is 1. The van der Waals surface area contributed by atoms with Crippen molar-refractivity contribution in [3.63, 3.8) is 0 Å². The number of hydrogen-bond donors (Lipinski definition) is 1. The van der Waals surface area contributed by atoms with Crippen LogP contribution >= 0.6 is 0 Å². The number of nitrogens with zero attached hydrogens (tertiary/aromatic N) is 1. The molecule has 0 radical (unpaired) electrons. The Hall–Kier alpha value is -1.57. The molecule has 0 bridgehead atoms. The second kappa shape index (κ2) is 6.25. The third-order valence-electron chi connectivity index (χ3n) is 4.56. The maximum absolute atomic E-state index is 4.40. The first kappa shape index (κ1) is 13.4. The highest BCUT2D eigenvalue weighted by molar-refractivity contribution is 5.78. The Balaban J connectivity index is 1.93. The first-order valence-corrected chi connectivity index (χ1v) is 8.00. The Morgan fingerprint density at radius 2 is 1.90 bits per heavy atom. The van der Waals surface area contributed by atoms with Gasteiger partial charge in [0.05, 0.1) is 5.70 Å². The zero-order valence-electron chi connectivity index (χ0n) is 12.4. The van der Waals surface area contributed by atoms with E-state index in [1.165, 1.54) is 55.3 Å². The predicted molar refractivity (Wildman–Crippen MR) is 85.6 cm³/mol. The van der Waals surface area contributed by atoms with Crippen molar-refractivity contribution in [2.75, 3.05) is 0 Å². The van der Waals surface area contributed by atoms with Gasteiger partial charge < -0.3 is 0 Å². The van der Waals surface area contributed by atoms with E-state index in [4.69, 9.17) is 0 Å². The molecule has 0 aromatic heterocycles. The van der Waals surface area contributed by atoms with Gasteiger partial charge in [0.15, 0.2) is 0 Å². The number of benzene rings is 1. The first-order valence-electron chi connectivity index (χ1n) is 8.00. The summed E-state index contributed by atoms with van der Waals surface area (Å²) in [7, 11) is 0. The van der Waals surface area contributed by atoms with Crippen LogP contribution in [0, 0.1) is 5.92 Å². The summed E-state index contributed by atoms with van der Waals surface area (Å²) in [5.41, 5.74) is 8.80. The molecule has 3 rings (SSSR count). The molecule has 1 aromatic carbocycles. The van der Waals surface area contributed by atoms with Crippen molar-refractivity contribution < 1.29 is 0 Å². The van der Waals surface area contributed by atoms with Crippen LogP contribution in [0.2, 0.25) is 0 Å². The van der Waals surface area contributed by atoms with E-state index in [0.717, 1.165) is 6.42 Å². The van der Waals surface area contributed by atoms with Crippen molar-refractivity contribution in [2.24, 2.45) is 11.0 Å². The molecule has 1 heterocycles. The summed E-state index contributed by atoms with van der Waals surface area (Å²) in [5, 5.41) is 4.40. The van der Waals surface area contributed by atoms with E-state index >= 15 is 0 Å². The molecule has 1 aromatic rings. The molecular formula is C18H24N2. The van der Waals surface area contributed by atoms with Crippen LogP contribution in [0.15, 0.2) is 34.9 Å². The van der Waals surface area contributed by atoms with E-state index in [1.807, 2.05) is 0 Å². The van der Waals surface area contributed by atoms with E-state index in [-0.39, 0.29) is 0 Å². The second-order valence-electron chi connectivity index (χ2n) is 5.90. The molecule has 2 aliphatic rings. The van der Waals surface area contributed by atoms with Gasteiger partial charge >= 0.3 is 0 Å². The van der Waals surface area contributed by atoms with Crippen molar-refractivity contribution in [3.05, 3.63) is 41.0 Å². The number of fused-ring (bicyclic) bond motifs is 1. The molecule has 20 heavy (non-hydrogen) atoms. The molecule has 2 heteroatoms. The maximum atomic E-state index is 4.40. The van der Waals surface area contributed by atoms with Crippen LogP contribution in [0.5, 0.6) is 0 Å². The highest BCUT2D eigenvalue weighted by Gasteiger charge is 2.22. The van der Waals surface area contributed by atoms with Gasteiger partial charge in [-0.05, 0) is 42.4 Å². The quantitative estimate of drug-likeness (QED) is 0.838. The second-order valence-corrected chi connectivity index (χ2v) is 5.90. The van der Waals surface area contributed by atoms with Crippen LogP contribution in [0.25, 0.3) is 5.70 Å². The average molecular weight is 268 g/mol. The molecule has 2 nitrogen and oxygen atoms in total. The summed E-state index contributed by atoms with van der Waals surface area (Å²) in [4.78, 5) is 0. The summed E-state index contributed by atoms with van der Waals surface area (Å²) in [5.74, 6) is 0.553. The lowest BCUT2D eigenvalue weighted by molar-refractivity contribution is 0.526. The standard InChI is InChI=1S/C18H24N2/c1-2-14-9-11-15(12-10-14)18-17-8-6-4-3-5-7-16(17)13-19-20-18/h9-13,16,20H,2-8H2,1H3. The van der Waals surface area contributed by atoms with Gasteiger partial charge in [0, 0.05) is 12.1 Å². The smallest absolute Gasteiger partial charge is 0.0632 e. The minimum atomic E-state index is 0.553. The fraction of sp³-hybridized carbons (Fsp3) is 0.500. The summed E-state index contributed by atoms with van der Waals surface area (Å²) >= 11 is 0. The number of allylic oxidation sites excluding steroid dienone is 1. The van der Waals surface area contributed by atoms with Crippen LogP contribution in [0.1, 0.15) is 56.6 Å². The minimum Gasteiger partial charge on any atom is -0.278 e. The van der Waals surface area contributed by atoms with E-state index in [2.05, 4.69) is 47.9 Å². The van der Waals surface area contributed by atoms with Gasteiger partial charge in [-0.2, -0.15) is 5.10 Å². The predicted octanol–water partition coefficient (Wildman–Crippen LogP) is 4.52. The number of nitrogens with one attached hydrogen (secondary N) is 1. The first-order chi connectivity index (χ1) is 9.88. The van der Waals surface area contributed by atoms with Gasteiger partial charge in [0.25, 0.3) is 0 Å². The highest BCUT2D eigenvalue weighted by Crippen LogP contribution is 2.33. The molecular weight excluding hydrogens is 244 g/mol. The fourth-order valence-electron chi connectivity index (χ4n) is 3.29. The topological polar surface area (TPSA) is 24.4 Å². The van der Waals surface area contributed by atoms with E-state index < -0.39 is 0 Å². The maximum Gasteiger partial charge on any atom is 0.0632 e. The van der Waals surface area contributed by atoms with Gasteiger partial charge in [-0.3, -0.25) is 5.43 Å². The molecule has 1 N–H and O–H groups in total. The Morgan fingerprint density at radius 3 is 2.70 bits per heavy atom. The average Bonchev–Trinajstić information content (AvgIpc) is 2.47. The van der Waals surface area contributed by atoms with Crippen LogP contribution in [-0.2, 0) is 6.42 Å². The lowest BCUT2D eigenvalue weighted by Crippen LogP contribution is -2.22. The van der Waals surface area contributed by atoms with Gasteiger partial charge in [-0.1, -0.05) is 50.5 Å². The largest absolute Gasteiger partial charge is 0.278 e. The molecule has 0 amide bonds. The number of aryl methyl sites for hydroxylation is 1. The Labute approximate surface area is 122 Å². The van der Waals surface area contributed by atoms with Crippen LogP contribution in [0.3, 0.4) is 0 Å². The molecule has 1 fully saturated rings. The lowest BCUT2D eigenvalue weighted by atomic mass is 9.84. The van der Waals surface area contributed by atoms with E-state index in [0.29, 0.717) is 5.92 Å². The third kappa shape index (κ3) is 2.79. The summed E-state index contributed by atoms with van der Waals surface area (Å²) in [6, 6.07) is 8.96. The Kier molecular flexibility index (Phi) is 4.19. The summed E-state index contributed by atoms with van der Waals surface area (Å²) in [6.45, 7) is 2.20. The van der Waals surface area contributed by atoms with Gasteiger partial charge in [-0.25, -0.2) is 0 Å². The summed E-state index contributed by atoms with van der Waals surface area (Å²) in [6.07, 6.45) is 11.1. The van der Waals surface area contributed by atoms with Crippen LogP contribution in [0.4, 0.5) is 0 Å². The van der Waals surface area contributed by atoms with E-state index in [1.54, 1.807) is 5.57 Å². The Morgan fingerprint density at radius 1 is 1.10 bits per heavy atom. The molecule has 0 spiro atoms. The highest BCUT2D eigenvalue weighted by atomic mass is 15.3. The van der Waals surface area contributed by atoms with E-state index in [9.17, 15) is 0 Å². The summed E-state index contributed by atoms with van der Waals surface area (Å²) < 4.78 is 0. The molecule has 106 valence electrons. The van der Waals surface area contributed by atoms with Crippen molar-refractivity contribution in [1.29, 1.82) is 0 Å². The van der Waals surface area contributed by atoms with Crippen molar-refractivity contribution >= 4 is 11.9 Å². The molecule has 1 aliphatic heterocycles. The van der Waals surface area contributed by atoms with Crippen molar-refractivity contribution in [3.8, 4) is 0 Å². The third-order valence-corrected chi connectivity index (χ3v) is 4.56. The molecule has 0 saturated heterocycles. The van der Waals surface area contributed by atoms with Gasteiger partial charge in [-0.15, -0.1) is 0 Å². The zero-order valence-corrected chi connectivity index (χ0v) is 12.4. The normalized spacial score (nSPS) is 22.8. The van der Waals surface area contributed by atoms with Gasteiger partial charge in [0.2, 0.25) is 0 Å². The lowest BCUT2D eigenvalue weighted by Gasteiger charge is -2.27. The SMILES string of the molecule is CCc1ccc(C2=C3CCCCCCC3C=NN2)cc1. The zero-order chi connectivity index (χ0) is 13.8. The fourth-order valence-corrected chi connectivity index (χ4v) is 3.29. The Bertz CT molecular complexity index is 511. The monoisotopic (exact) mass is 268 g/mol. The molecule has 1 unspecified atom stereocenters. The minimum absolute atomic E-state index is 0.553. The molecule has 1 aliphatic carbocycles. The van der Waals surface area contributed by atoms with Crippen molar-refractivity contribution in [1.82, 2.24) is 5.43 Å². The van der Waals surface area contributed by atoms with Crippen LogP contribution in [-0.4, -0.2) is 6.21 Å². The van der Waals surface area contributed by atoms with Crippen LogP contribution < -0.4 is 5.43 Å². The van der Waals surface area contributed by atoms with Gasteiger partial charge in [0.1, 0.15) is 0 Å². The van der Waals surface area contributed by atoms with Crippen molar-refractivity contribution in [2.45, 2.75) is 51.9 Å². The molecule has 1 saturated carbocycles.